The maximum atomic E-state index is 14.9. The zero-order valence-electron chi connectivity index (χ0n) is 20.9. The lowest BCUT2D eigenvalue weighted by atomic mass is 9.54. The number of rotatable bonds is 10. The summed E-state index contributed by atoms with van der Waals surface area (Å²) in [5.74, 6) is -6.04. The van der Waals surface area contributed by atoms with E-state index in [0.29, 0.717) is 24.3 Å². The average molecular weight is 595 g/mol. The third-order valence-corrected chi connectivity index (χ3v) is 6.75. The standard InChI is InChI=1S/C27H22F9NO4/c1-23(39,27(34,35)36)25(40,22(37)38)24(14-15-5-3-2-4-6-15,16-7-9-18(28)10-8-16)17-11-19(29)13-20(12-17)41-26(32,33)21(30)31/h2-13,21,39-40H,14H2,1H3,(H2,37,38)/t23?,24-,25?/m1/s1. The van der Waals surface area contributed by atoms with Crippen LogP contribution < -0.4 is 10.5 Å². The van der Waals surface area contributed by atoms with Crippen molar-refractivity contribution in [1.82, 2.24) is 0 Å². The third kappa shape index (κ3) is 5.58. The fraction of sp³-hybridized carbons (Fsp3) is 0.296. The minimum absolute atomic E-state index is 0.00266. The highest BCUT2D eigenvalue weighted by Crippen LogP contribution is 2.54. The summed E-state index contributed by atoms with van der Waals surface area (Å²) in [4.78, 5) is 12.9. The molecule has 3 atom stereocenters. The van der Waals surface area contributed by atoms with Crippen molar-refractivity contribution in [2.75, 3.05) is 0 Å². The summed E-state index contributed by atoms with van der Waals surface area (Å²) in [7, 11) is 0. The van der Waals surface area contributed by atoms with Gasteiger partial charge >= 0.3 is 18.7 Å². The smallest absolute Gasteiger partial charge is 0.428 e. The molecule has 2 unspecified atom stereocenters. The second-order valence-corrected chi connectivity index (χ2v) is 9.36. The van der Waals surface area contributed by atoms with Gasteiger partial charge < -0.3 is 20.7 Å². The van der Waals surface area contributed by atoms with E-state index in [0.717, 1.165) is 12.1 Å². The fourth-order valence-corrected chi connectivity index (χ4v) is 4.69. The Morgan fingerprint density at radius 1 is 0.854 bits per heavy atom. The molecular formula is C27H22F9NO4. The molecule has 5 nitrogen and oxygen atoms in total. The van der Waals surface area contributed by atoms with Crippen LogP contribution >= 0.6 is 0 Å². The number of hydrogen-bond acceptors (Lipinski definition) is 4. The van der Waals surface area contributed by atoms with Gasteiger partial charge in [0, 0.05) is 6.07 Å². The number of halogens is 9. The summed E-state index contributed by atoms with van der Waals surface area (Å²) in [6, 6.07) is 10.8. The maximum absolute atomic E-state index is 14.9. The maximum Gasteiger partial charge on any atom is 0.461 e. The van der Waals surface area contributed by atoms with Crippen LogP contribution in [0.25, 0.3) is 0 Å². The van der Waals surface area contributed by atoms with E-state index < -0.39 is 76.2 Å². The van der Waals surface area contributed by atoms with Crippen molar-refractivity contribution in [2.45, 2.75) is 48.7 Å². The highest BCUT2D eigenvalue weighted by atomic mass is 19.4. The minimum Gasteiger partial charge on any atom is -0.428 e. The Balaban J connectivity index is 2.57. The SMILES string of the molecule is CC(O)(C(F)(F)F)C(O)(C(N)=O)[C@](Cc1ccccc1)(c1ccc(F)cc1)c1cc(F)cc(OC(F)(F)C(F)F)c1. The Labute approximate surface area is 227 Å². The molecule has 1 amide bonds. The third-order valence-electron chi connectivity index (χ3n) is 6.75. The number of nitrogens with two attached hydrogens (primary N) is 1. The molecule has 0 spiro atoms. The van der Waals surface area contributed by atoms with Gasteiger partial charge in [0.05, 0.1) is 5.41 Å². The summed E-state index contributed by atoms with van der Waals surface area (Å²) >= 11 is 0. The van der Waals surface area contributed by atoms with Gasteiger partial charge in [-0.3, -0.25) is 4.79 Å². The van der Waals surface area contributed by atoms with Crippen molar-refractivity contribution in [3.05, 3.63) is 101 Å². The van der Waals surface area contributed by atoms with Crippen LogP contribution in [0.15, 0.2) is 72.8 Å². The molecule has 0 radical (unpaired) electrons. The van der Waals surface area contributed by atoms with Crippen molar-refractivity contribution >= 4 is 5.91 Å². The topological polar surface area (TPSA) is 92.8 Å². The van der Waals surface area contributed by atoms with Gasteiger partial charge in [-0.15, -0.1) is 0 Å². The number of carbonyl (C=O) groups is 1. The first kappa shape index (κ1) is 31.7. The van der Waals surface area contributed by atoms with Gasteiger partial charge in [0.2, 0.25) is 0 Å². The van der Waals surface area contributed by atoms with E-state index in [1.54, 1.807) is 0 Å². The van der Waals surface area contributed by atoms with Gasteiger partial charge in [0.25, 0.3) is 5.91 Å². The quantitative estimate of drug-likeness (QED) is 0.279. The molecule has 14 heteroatoms. The summed E-state index contributed by atoms with van der Waals surface area (Å²) in [5.41, 5.74) is -7.87. The van der Waals surface area contributed by atoms with E-state index in [1.807, 2.05) is 0 Å². The number of ether oxygens (including phenoxy) is 1. The molecule has 3 aromatic carbocycles. The first-order chi connectivity index (χ1) is 18.8. The van der Waals surface area contributed by atoms with E-state index in [9.17, 15) is 54.5 Å². The number of benzene rings is 3. The lowest BCUT2D eigenvalue weighted by Gasteiger charge is -2.53. The van der Waals surface area contributed by atoms with Crippen LogP contribution in [-0.2, 0) is 16.6 Å². The Hall–Kier alpha value is -3.78. The van der Waals surface area contributed by atoms with Crippen molar-refractivity contribution in [3.8, 4) is 5.75 Å². The van der Waals surface area contributed by atoms with E-state index in [2.05, 4.69) is 4.74 Å². The van der Waals surface area contributed by atoms with E-state index >= 15 is 0 Å². The number of primary amides is 1. The lowest BCUT2D eigenvalue weighted by molar-refractivity contribution is -0.313. The molecule has 4 N–H and O–H groups in total. The predicted molar refractivity (Wildman–Crippen MR) is 126 cm³/mol. The van der Waals surface area contributed by atoms with Crippen LogP contribution in [0.5, 0.6) is 5.75 Å². The fourth-order valence-electron chi connectivity index (χ4n) is 4.69. The van der Waals surface area contributed by atoms with Crippen LogP contribution in [-0.4, -0.2) is 46.0 Å². The highest BCUT2D eigenvalue weighted by molar-refractivity contribution is 5.89. The molecular weight excluding hydrogens is 573 g/mol. The molecule has 0 aromatic heterocycles. The van der Waals surface area contributed by atoms with Gasteiger partial charge in [-0.05, 0) is 54.3 Å². The first-order valence-electron chi connectivity index (χ1n) is 11.6. The van der Waals surface area contributed by atoms with Gasteiger partial charge in [-0.25, -0.2) is 8.78 Å². The molecule has 3 rings (SSSR count). The molecule has 0 saturated carbocycles. The molecule has 0 saturated heterocycles. The minimum atomic E-state index is -5.83. The number of carbonyl (C=O) groups excluding carboxylic acids is 1. The number of amides is 1. The number of alkyl halides is 7. The van der Waals surface area contributed by atoms with Crippen LogP contribution in [0.4, 0.5) is 39.5 Å². The molecule has 0 fully saturated rings. The van der Waals surface area contributed by atoms with Crippen molar-refractivity contribution in [3.63, 3.8) is 0 Å². The number of aliphatic hydroxyl groups is 2. The Morgan fingerprint density at radius 3 is 1.90 bits per heavy atom. The molecule has 0 aliphatic rings. The van der Waals surface area contributed by atoms with Gasteiger partial charge in [0.15, 0.2) is 11.2 Å². The molecule has 0 aliphatic carbocycles. The Kier molecular flexibility index (Phi) is 8.43. The second-order valence-electron chi connectivity index (χ2n) is 9.36. The van der Waals surface area contributed by atoms with Gasteiger partial charge in [-0.2, -0.15) is 30.7 Å². The van der Waals surface area contributed by atoms with Crippen LogP contribution in [0.1, 0.15) is 23.6 Å². The Morgan fingerprint density at radius 2 is 1.41 bits per heavy atom. The monoisotopic (exact) mass is 595 g/mol. The predicted octanol–water partition coefficient (Wildman–Crippen LogP) is 5.26. The summed E-state index contributed by atoms with van der Waals surface area (Å²) in [6.07, 6.45) is -16.4. The van der Waals surface area contributed by atoms with Crippen LogP contribution in [0, 0.1) is 11.6 Å². The summed E-state index contributed by atoms with van der Waals surface area (Å²) < 4.78 is 129. The summed E-state index contributed by atoms with van der Waals surface area (Å²) in [5, 5.41) is 22.7. The van der Waals surface area contributed by atoms with E-state index in [4.69, 9.17) is 5.73 Å². The normalized spacial score (nSPS) is 16.9. The van der Waals surface area contributed by atoms with Crippen LogP contribution in [0.2, 0.25) is 0 Å². The zero-order chi connectivity index (χ0) is 31.0. The second kappa shape index (κ2) is 10.9. The van der Waals surface area contributed by atoms with Gasteiger partial charge in [0.1, 0.15) is 17.4 Å². The van der Waals surface area contributed by atoms with E-state index in [-0.39, 0.29) is 18.6 Å². The van der Waals surface area contributed by atoms with E-state index in [1.165, 1.54) is 30.3 Å². The first-order valence-corrected chi connectivity index (χ1v) is 11.6. The molecule has 0 aliphatic heterocycles. The molecule has 0 bridgehead atoms. The molecule has 3 aromatic rings. The van der Waals surface area contributed by atoms with Gasteiger partial charge in [-0.1, -0.05) is 42.5 Å². The Bertz CT molecular complexity index is 1380. The van der Waals surface area contributed by atoms with Crippen LogP contribution in [0.3, 0.4) is 0 Å². The zero-order valence-corrected chi connectivity index (χ0v) is 20.9. The largest absolute Gasteiger partial charge is 0.461 e. The van der Waals surface area contributed by atoms with Crippen molar-refractivity contribution < 1.29 is 59.3 Å². The molecule has 0 heterocycles. The average Bonchev–Trinajstić information content (AvgIpc) is 2.86. The summed E-state index contributed by atoms with van der Waals surface area (Å²) in [6.45, 7) is 0.00266. The van der Waals surface area contributed by atoms with Crippen molar-refractivity contribution in [2.24, 2.45) is 5.73 Å². The highest BCUT2D eigenvalue weighted by Gasteiger charge is 2.74. The number of hydrogen-bond donors (Lipinski definition) is 3. The van der Waals surface area contributed by atoms with Crippen molar-refractivity contribution in [1.29, 1.82) is 0 Å². The lowest BCUT2D eigenvalue weighted by Crippen LogP contribution is -2.76. The molecule has 41 heavy (non-hydrogen) atoms. The molecule has 222 valence electrons.